The number of halogens is 1. The lowest BCUT2D eigenvalue weighted by Gasteiger charge is -2.33. The predicted octanol–water partition coefficient (Wildman–Crippen LogP) is 3.59. The van der Waals surface area contributed by atoms with Crippen LogP contribution in [0, 0.1) is 11.8 Å². The van der Waals surface area contributed by atoms with Crippen LogP contribution in [0.15, 0.2) is 24.3 Å². The summed E-state index contributed by atoms with van der Waals surface area (Å²) in [6, 6.07) is 8.09. The smallest absolute Gasteiger partial charge is 0.209 e. The van der Waals surface area contributed by atoms with Gasteiger partial charge in [0, 0.05) is 12.6 Å². The Kier molecular flexibility index (Phi) is 8.20. The van der Waals surface area contributed by atoms with Crippen molar-refractivity contribution < 1.29 is 8.42 Å². The van der Waals surface area contributed by atoms with Gasteiger partial charge in [-0.05, 0) is 55.8 Å². The minimum atomic E-state index is -3.17. The molecule has 0 bridgehead atoms. The first-order valence-electron chi connectivity index (χ1n) is 8.53. The van der Waals surface area contributed by atoms with Crippen LogP contribution >= 0.6 is 12.4 Å². The average molecular weight is 375 g/mol. The molecule has 0 unspecified atom stereocenters. The molecular weight excluding hydrogens is 344 g/mol. The van der Waals surface area contributed by atoms with Crippen molar-refractivity contribution in [2.24, 2.45) is 11.8 Å². The van der Waals surface area contributed by atoms with E-state index in [0.717, 1.165) is 23.9 Å². The van der Waals surface area contributed by atoms with Gasteiger partial charge in [-0.15, -0.1) is 12.4 Å². The first-order valence-corrected chi connectivity index (χ1v) is 10.4. The van der Waals surface area contributed by atoms with E-state index in [9.17, 15) is 8.42 Å². The lowest BCUT2D eigenvalue weighted by molar-refractivity contribution is 0.152. The largest absolute Gasteiger partial charge is 0.299 e. The average Bonchev–Trinajstić information content (AvgIpc) is 2.46. The molecule has 0 spiro atoms. The fourth-order valence-corrected chi connectivity index (χ4v) is 4.12. The van der Waals surface area contributed by atoms with Crippen LogP contribution in [0.25, 0.3) is 0 Å². The highest BCUT2D eigenvalue weighted by Gasteiger charge is 2.21. The summed E-state index contributed by atoms with van der Waals surface area (Å²) in [5, 5.41) is 0. The Morgan fingerprint density at radius 2 is 1.67 bits per heavy atom. The lowest BCUT2D eigenvalue weighted by atomic mass is 9.86. The Labute approximate surface area is 153 Å². The standard InChI is InChI=1S/C18H30N2O2S.ClH/c1-14(2)17-9-11-20(12-10-17)13-16-5-7-18(8-6-16)15(3)19-23(4,21)22;/h5-8,14-15,17,19H,9-13H2,1-4H3;1H/t15-;/m1./s1. The van der Waals surface area contributed by atoms with Gasteiger partial charge in [0.25, 0.3) is 0 Å². The van der Waals surface area contributed by atoms with Gasteiger partial charge in [0.2, 0.25) is 10.0 Å². The molecule has 138 valence electrons. The van der Waals surface area contributed by atoms with Crippen molar-refractivity contribution in [3.63, 3.8) is 0 Å². The van der Waals surface area contributed by atoms with E-state index in [4.69, 9.17) is 0 Å². The lowest BCUT2D eigenvalue weighted by Crippen LogP contribution is -2.34. The number of sulfonamides is 1. The molecule has 0 saturated carbocycles. The van der Waals surface area contributed by atoms with Crippen LogP contribution < -0.4 is 4.72 Å². The van der Waals surface area contributed by atoms with E-state index in [1.807, 2.05) is 19.1 Å². The SMILES string of the molecule is CC(C)C1CCN(Cc2ccc([C@@H](C)NS(C)(=O)=O)cc2)CC1.Cl. The number of benzene rings is 1. The van der Waals surface area contributed by atoms with Crippen LogP contribution in [0.5, 0.6) is 0 Å². The number of hydrogen-bond acceptors (Lipinski definition) is 3. The fourth-order valence-electron chi connectivity index (χ4n) is 3.34. The van der Waals surface area contributed by atoms with E-state index < -0.39 is 10.0 Å². The van der Waals surface area contributed by atoms with Gasteiger partial charge in [-0.25, -0.2) is 13.1 Å². The van der Waals surface area contributed by atoms with Gasteiger partial charge in [-0.1, -0.05) is 38.1 Å². The molecule has 0 aromatic heterocycles. The summed E-state index contributed by atoms with van der Waals surface area (Å²) >= 11 is 0. The third-order valence-electron chi connectivity index (χ3n) is 4.85. The first-order chi connectivity index (χ1) is 10.7. The van der Waals surface area contributed by atoms with Crippen LogP contribution in [0.4, 0.5) is 0 Å². The minimum absolute atomic E-state index is 0. The zero-order valence-electron chi connectivity index (χ0n) is 15.2. The molecule has 1 saturated heterocycles. The number of hydrogen-bond donors (Lipinski definition) is 1. The summed E-state index contributed by atoms with van der Waals surface area (Å²) in [5.41, 5.74) is 2.29. The second kappa shape index (κ2) is 9.18. The molecule has 1 aliphatic heterocycles. The normalized spacial score (nSPS) is 18.4. The maximum atomic E-state index is 11.3. The summed E-state index contributed by atoms with van der Waals surface area (Å²) < 4.78 is 25.2. The number of nitrogens with one attached hydrogen (secondary N) is 1. The zero-order valence-corrected chi connectivity index (χ0v) is 16.8. The zero-order chi connectivity index (χ0) is 17.0. The Balaban J connectivity index is 0.00000288. The van der Waals surface area contributed by atoms with Crippen LogP contribution in [0.2, 0.25) is 0 Å². The Morgan fingerprint density at radius 1 is 1.12 bits per heavy atom. The van der Waals surface area contributed by atoms with Gasteiger partial charge in [-0.3, -0.25) is 4.90 Å². The van der Waals surface area contributed by atoms with Gasteiger partial charge in [-0.2, -0.15) is 0 Å². The van der Waals surface area contributed by atoms with E-state index in [1.54, 1.807) is 0 Å². The molecule has 1 N–H and O–H groups in total. The highest BCUT2D eigenvalue weighted by atomic mass is 35.5. The second-order valence-corrected chi connectivity index (χ2v) is 8.99. The summed E-state index contributed by atoms with van der Waals surface area (Å²) in [6.45, 7) is 9.86. The summed E-state index contributed by atoms with van der Waals surface area (Å²) in [5.74, 6) is 1.66. The highest BCUT2D eigenvalue weighted by molar-refractivity contribution is 7.88. The first kappa shape index (κ1) is 21.4. The Morgan fingerprint density at radius 3 is 2.12 bits per heavy atom. The molecule has 0 aliphatic carbocycles. The topological polar surface area (TPSA) is 49.4 Å². The molecular formula is C18H31ClN2O2S. The summed E-state index contributed by atoms with van der Waals surface area (Å²) in [7, 11) is -3.17. The van der Waals surface area contributed by atoms with Gasteiger partial charge in [0.15, 0.2) is 0 Å². The fraction of sp³-hybridized carbons (Fsp3) is 0.667. The van der Waals surface area contributed by atoms with Gasteiger partial charge >= 0.3 is 0 Å². The van der Waals surface area contributed by atoms with Crippen molar-refractivity contribution >= 4 is 22.4 Å². The maximum Gasteiger partial charge on any atom is 0.209 e. The third kappa shape index (κ3) is 6.71. The van der Waals surface area contributed by atoms with Crippen LogP contribution in [-0.2, 0) is 16.6 Å². The van der Waals surface area contributed by atoms with E-state index >= 15 is 0 Å². The number of rotatable bonds is 6. The number of piperidine rings is 1. The molecule has 1 aromatic carbocycles. The van der Waals surface area contributed by atoms with Crippen molar-refractivity contribution in [2.45, 2.75) is 46.2 Å². The Hall–Kier alpha value is -0.620. The quantitative estimate of drug-likeness (QED) is 0.827. The van der Waals surface area contributed by atoms with Gasteiger partial charge in [0.05, 0.1) is 6.26 Å². The highest BCUT2D eigenvalue weighted by Crippen LogP contribution is 2.25. The molecule has 1 aromatic rings. The molecule has 4 nitrogen and oxygen atoms in total. The van der Waals surface area contributed by atoms with E-state index in [2.05, 4.69) is 35.6 Å². The molecule has 1 fully saturated rings. The molecule has 0 amide bonds. The second-order valence-electron chi connectivity index (χ2n) is 7.21. The number of nitrogens with zero attached hydrogens (tertiary/aromatic N) is 1. The number of likely N-dealkylation sites (tertiary alicyclic amines) is 1. The van der Waals surface area contributed by atoms with Crippen molar-refractivity contribution in [1.29, 1.82) is 0 Å². The van der Waals surface area contributed by atoms with Crippen LogP contribution in [0.3, 0.4) is 0 Å². The van der Waals surface area contributed by atoms with E-state index in [0.29, 0.717) is 0 Å². The molecule has 2 rings (SSSR count). The minimum Gasteiger partial charge on any atom is -0.299 e. The van der Waals surface area contributed by atoms with Crippen molar-refractivity contribution in [3.05, 3.63) is 35.4 Å². The monoisotopic (exact) mass is 374 g/mol. The summed E-state index contributed by atoms with van der Waals surface area (Å²) in [6.07, 6.45) is 3.79. The molecule has 0 radical (unpaired) electrons. The predicted molar refractivity (Wildman–Crippen MR) is 103 cm³/mol. The van der Waals surface area contributed by atoms with Crippen molar-refractivity contribution in [1.82, 2.24) is 9.62 Å². The molecule has 6 heteroatoms. The molecule has 1 heterocycles. The van der Waals surface area contributed by atoms with E-state index in [1.165, 1.54) is 37.8 Å². The molecule has 24 heavy (non-hydrogen) atoms. The summed E-state index contributed by atoms with van der Waals surface area (Å²) in [4.78, 5) is 2.52. The maximum absolute atomic E-state index is 11.3. The Bertz CT molecular complexity index is 594. The van der Waals surface area contributed by atoms with E-state index in [-0.39, 0.29) is 18.4 Å². The van der Waals surface area contributed by atoms with Crippen molar-refractivity contribution in [2.75, 3.05) is 19.3 Å². The van der Waals surface area contributed by atoms with Crippen molar-refractivity contribution in [3.8, 4) is 0 Å². The van der Waals surface area contributed by atoms with Gasteiger partial charge in [0.1, 0.15) is 0 Å². The van der Waals surface area contributed by atoms with Gasteiger partial charge < -0.3 is 0 Å². The third-order valence-corrected chi connectivity index (χ3v) is 5.63. The molecule has 1 atom stereocenters. The van der Waals surface area contributed by atoms with Crippen LogP contribution in [-0.4, -0.2) is 32.7 Å². The van der Waals surface area contributed by atoms with Crippen LogP contribution in [0.1, 0.15) is 50.8 Å². The molecule has 1 aliphatic rings.